The van der Waals surface area contributed by atoms with Crippen molar-refractivity contribution in [2.75, 3.05) is 13.7 Å². The molecule has 0 amide bonds. The first-order chi connectivity index (χ1) is 3.77. The number of carboxylic acids is 1. The lowest BCUT2D eigenvalue weighted by Gasteiger charge is -1.98. The normalized spacial score (nSPS) is 9.12. The van der Waals surface area contributed by atoms with Gasteiger partial charge in [0, 0.05) is 12.4 Å². The zero-order valence-electron chi connectivity index (χ0n) is 4.55. The van der Waals surface area contributed by atoms with Crippen LogP contribution in [0.3, 0.4) is 0 Å². The number of rotatable bonds is 4. The molecule has 0 unspecified atom stereocenters. The van der Waals surface area contributed by atoms with Gasteiger partial charge in [0.2, 0.25) is 0 Å². The second kappa shape index (κ2) is 4.55. The molecule has 0 N–H and O–H groups in total. The van der Waals surface area contributed by atoms with Crippen molar-refractivity contribution in [3.63, 3.8) is 0 Å². The number of carboxylic acid groups (broad SMARTS) is 1. The highest BCUT2D eigenvalue weighted by Gasteiger charge is 1.84. The molecule has 0 saturated carbocycles. The summed E-state index contributed by atoms with van der Waals surface area (Å²) in [4.78, 5) is 18.0. The van der Waals surface area contributed by atoms with E-state index in [0.29, 0.717) is 0 Å². The van der Waals surface area contributed by atoms with E-state index in [1.165, 1.54) is 7.11 Å². The highest BCUT2D eigenvalue weighted by molar-refractivity contribution is 5.64. The minimum Gasteiger partial charge on any atom is -0.550 e. The molecule has 4 heteroatoms. The molecule has 0 saturated heterocycles. The highest BCUT2D eigenvalue weighted by atomic mass is 17.2. The Morgan fingerprint density at radius 2 is 2.38 bits per heavy atom. The van der Waals surface area contributed by atoms with Crippen molar-refractivity contribution in [2.45, 2.75) is 6.42 Å². The van der Waals surface area contributed by atoms with Gasteiger partial charge in [-0.05, 0) is 0 Å². The fraction of sp³-hybridized carbons (Fsp3) is 0.750. The zero-order valence-corrected chi connectivity index (χ0v) is 4.55. The molecule has 0 atom stereocenters. The summed E-state index contributed by atoms with van der Waals surface area (Å²) >= 11 is 0. The van der Waals surface area contributed by atoms with E-state index in [1.54, 1.807) is 0 Å². The van der Waals surface area contributed by atoms with E-state index in [1.807, 2.05) is 0 Å². The van der Waals surface area contributed by atoms with Crippen LogP contribution in [0.15, 0.2) is 0 Å². The Morgan fingerprint density at radius 3 is 2.75 bits per heavy atom. The SMILES string of the molecule is COOCCC(=O)[O-]. The van der Waals surface area contributed by atoms with E-state index in [-0.39, 0.29) is 13.0 Å². The van der Waals surface area contributed by atoms with Crippen molar-refractivity contribution in [1.82, 2.24) is 0 Å². The second-order valence-electron chi connectivity index (χ2n) is 1.11. The number of carbonyl (C=O) groups excluding carboxylic acids is 1. The maximum absolute atomic E-state index is 9.63. The van der Waals surface area contributed by atoms with Crippen molar-refractivity contribution in [3.05, 3.63) is 0 Å². The molecule has 4 nitrogen and oxygen atoms in total. The third-order valence-corrected chi connectivity index (χ3v) is 0.507. The van der Waals surface area contributed by atoms with Gasteiger partial charge in [0.25, 0.3) is 0 Å². The smallest absolute Gasteiger partial charge is 0.0874 e. The van der Waals surface area contributed by atoms with Crippen LogP contribution in [0.1, 0.15) is 6.42 Å². The molecule has 0 rings (SSSR count). The predicted octanol–water partition coefficient (Wildman–Crippen LogP) is -1.30. The Balaban J connectivity index is 2.82. The average molecular weight is 119 g/mol. The van der Waals surface area contributed by atoms with Gasteiger partial charge in [0.1, 0.15) is 0 Å². The lowest BCUT2D eigenvalue weighted by Crippen LogP contribution is -2.23. The molecular weight excluding hydrogens is 112 g/mol. The fourth-order valence-corrected chi connectivity index (χ4v) is 0.208. The number of hydrogen-bond donors (Lipinski definition) is 0. The lowest BCUT2D eigenvalue weighted by atomic mass is 10.5. The Bertz CT molecular complexity index is 70.4. The number of hydrogen-bond acceptors (Lipinski definition) is 4. The van der Waals surface area contributed by atoms with Crippen molar-refractivity contribution in [3.8, 4) is 0 Å². The van der Waals surface area contributed by atoms with Crippen LogP contribution >= 0.6 is 0 Å². The quantitative estimate of drug-likeness (QED) is 0.262. The first kappa shape index (κ1) is 7.39. The second-order valence-corrected chi connectivity index (χ2v) is 1.11. The molecule has 0 aliphatic heterocycles. The van der Waals surface area contributed by atoms with Crippen LogP contribution in [-0.2, 0) is 14.6 Å². The highest BCUT2D eigenvalue weighted by Crippen LogP contribution is 1.78. The molecule has 48 valence electrons. The molecule has 0 aliphatic rings. The van der Waals surface area contributed by atoms with Gasteiger partial charge in [-0.3, -0.25) is 0 Å². The summed E-state index contributed by atoms with van der Waals surface area (Å²) in [6.07, 6.45) is -0.131. The van der Waals surface area contributed by atoms with Crippen LogP contribution in [0.5, 0.6) is 0 Å². The first-order valence-electron chi connectivity index (χ1n) is 2.13. The molecule has 0 aromatic carbocycles. The van der Waals surface area contributed by atoms with Gasteiger partial charge in [-0.2, -0.15) is 0 Å². The van der Waals surface area contributed by atoms with Crippen LogP contribution in [0.4, 0.5) is 0 Å². The average Bonchev–Trinajstić information content (AvgIpc) is 1.66. The first-order valence-corrected chi connectivity index (χ1v) is 2.13. The molecule has 0 radical (unpaired) electrons. The van der Waals surface area contributed by atoms with E-state index in [4.69, 9.17) is 0 Å². The van der Waals surface area contributed by atoms with E-state index in [9.17, 15) is 9.90 Å². The molecule has 0 bridgehead atoms. The monoisotopic (exact) mass is 119 g/mol. The maximum Gasteiger partial charge on any atom is 0.0874 e. The van der Waals surface area contributed by atoms with Crippen molar-refractivity contribution in [1.29, 1.82) is 0 Å². The van der Waals surface area contributed by atoms with Gasteiger partial charge in [-0.25, -0.2) is 9.78 Å². The topological polar surface area (TPSA) is 58.6 Å². The van der Waals surface area contributed by atoms with Crippen molar-refractivity contribution >= 4 is 5.97 Å². The van der Waals surface area contributed by atoms with Gasteiger partial charge in [-0.1, -0.05) is 0 Å². The van der Waals surface area contributed by atoms with E-state index < -0.39 is 5.97 Å². The van der Waals surface area contributed by atoms with Crippen molar-refractivity contribution in [2.24, 2.45) is 0 Å². The summed E-state index contributed by atoms with van der Waals surface area (Å²) in [7, 11) is 1.31. The summed E-state index contributed by atoms with van der Waals surface area (Å²) in [6, 6.07) is 0. The molecule has 0 spiro atoms. The molecule has 0 fully saturated rings. The molecule has 0 aromatic rings. The maximum atomic E-state index is 9.63. The van der Waals surface area contributed by atoms with E-state index >= 15 is 0 Å². The van der Waals surface area contributed by atoms with Crippen LogP contribution in [0.25, 0.3) is 0 Å². The number of aliphatic carboxylic acids is 1. The van der Waals surface area contributed by atoms with E-state index in [2.05, 4.69) is 9.78 Å². The van der Waals surface area contributed by atoms with Gasteiger partial charge in [0.05, 0.1) is 13.7 Å². The standard InChI is InChI=1S/C4H8O4/c1-7-8-3-2-4(5)6/h2-3H2,1H3,(H,5,6)/p-1. The van der Waals surface area contributed by atoms with Crippen LogP contribution in [0, 0.1) is 0 Å². The van der Waals surface area contributed by atoms with Crippen molar-refractivity contribution < 1.29 is 19.7 Å². The van der Waals surface area contributed by atoms with E-state index in [0.717, 1.165) is 0 Å². The predicted molar refractivity (Wildman–Crippen MR) is 22.6 cm³/mol. The fourth-order valence-electron chi connectivity index (χ4n) is 0.208. The van der Waals surface area contributed by atoms with Crippen LogP contribution < -0.4 is 5.11 Å². The third-order valence-electron chi connectivity index (χ3n) is 0.507. The molecule has 8 heavy (non-hydrogen) atoms. The molecule has 0 aromatic heterocycles. The van der Waals surface area contributed by atoms with Gasteiger partial charge in [-0.15, -0.1) is 0 Å². The zero-order chi connectivity index (χ0) is 6.41. The van der Waals surface area contributed by atoms with Gasteiger partial charge < -0.3 is 9.90 Å². The summed E-state index contributed by atoms with van der Waals surface area (Å²) in [5.41, 5.74) is 0. The number of carbonyl (C=O) groups is 1. The largest absolute Gasteiger partial charge is 0.550 e. The summed E-state index contributed by atoms with van der Waals surface area (Å²) in [5, 5.41) is 9.63. The summed E-state index contributed by atoms with van der Waals surface area (Å²) < 4.78 is 0. The van der Waals surface area contributed by atoms with Crippen LogP contribution in [-0.4, -0.2) is 19.7 Å². The molecule has 0 heterocycles. The van der Waals surface area contributed by atoms with Crippen LogP contribution in [0.2, 0.25) is 0 Å². The Hall–Kier alpha value is -0.610. The Kier molecular flexibility index (Phi) is 4.20. The molecule has 0 aliphatic carbocycles. The Labute approximate surface area is 46.9 Å². The minimum absolute atomic E-state index is 0.0405. The van der Waals surface area contributed by atoms with Gasteiger partial charge in [0.15, 0.2) is 0 Å². The van der Waals surface area contributed by atoms with Gasteiger partial charge >= 0.3 is 0 Å². The lowest BCUT2D eigenvalue weighted by molar-refractivity contribution is -0.314. The summed E-state index contributed by atoms with van der Waals surface area (Å²) in [6.45, 7) is 0.0405. The Morgan fingerprint density at radius 1 is 1.75 bits per heavy atom. The summed E-state index contributed by atoms with van der Waals surface area (Å²) in [5.74, 6) is -1.14. The minimum atomic E-state index is -1.14. The molecular formula is C4H7O4-. The third kappa shape index (κ3) is 5.39.